The zero-order chi connectivity index (χ0) is 12.1. The van der Waals surface area contributed by atoms with Crippen molar-refractivity contribution in [3.63, 3.8) is 0 Å². The maximum Gasteiger partial charge on any atom is 0.0521 e. The SMILES string of the molecule is Cn1cc(CC2(CN)CCCCCCC2)cn1. The summed E-state index contributed by atoms with van der Waals surface area (Å²) in [6.07, 6.45) is 14.7. The van der Waals surface area contributed by atoms with Gasteiger partial charge >= 0.3 is 0 Å². The zero-order valence-electron chi connectivity index (χ0n) is 11.0. The molecule has 1 heterocycles. The Morgan fingerprint density at radius 2 is 1.88 bits per heavy atom. The van der Waals surface area contributed by atoms with Crippen molar-refractivity contribution in [3.8, 4) is 0 Å². The maximum absolute atomic E-state index is 6.09. The largest absolute Gasteiger partial charge is 0.330 e. The van der Waals surface area contributed by atoms with Gasteiger partial charge in [0.15, 0.2) is 0 Å². The summed E-state index contributed by atoms with van der Waals surface area (Å²) >= 11 is 0. The maximum atomic E-state index is 6.09. The second-order valence-electron chi connectivity index (χ2n) is 5.67. The van der Waals surface area contributed by atoms with Crippen LogP contribution in [0.4, 0.5) is 0 Å². The van der Waals surface area contributed by atoms with Crippen molar-refractivity contribution in [2.75, 3.05) is 6.54 Å². The Morgan fingerprint density at radius 1 is 1.24 bits per heavy atom. The average Bonchev–Trinajstić information content (AvgIpc) is 2.68. The minimum absolute atomic E-state index is 0.337. The van der Waals surface area contributed by atoms with Gasteiger partial charge in [0.2, 0.25) is 0 Å². The van der Waals surface area contributed by atoms with Crippen LogP contribution in [0.2, 0.25) is 0 Å². The minimum atomic E-state index is 0.337. The van der Waals surface area contributed by atoms with E-state index in [1.165, 1.54) is 50.5 Å². The molecule has 0 amide bonds. The summed E-state index contributed by atoms with van der Waals surface area (Å²) in [5.74, 6) is 0. The second kappa shape index (κ2) is 5.67. The zero-order valence-corrected chi connectivity index (χ0v) is 11.0. The van der Waals surface area contributed by atoms with E-state index in [1.807, 2.05) is 17.9 Å². The first-order chi connectivity index (χ1) is 8.24. The number of aromatic nitrogens is 2. The van der Waals surface area contributed by atoms with Crippen LogP contribution in [0.15, 0.2) is 12.4 Å². The van der Waals surface area contributed by atoms with Gasteiger partial charge in [-0.2, -0.15) is 5.10 Å². The predicted octanol–water partition coefficient (Wildman–Crippen LogP) is 2.65. The van der Waals surface area contributed by atoms with Crippen LogP contribution < -0.4 is 5.73 Å². The van der Waals surface area contributed by atoms with E-state index in [9.17, 15) is 0 Å². The average molecular weight is 235 g/mol. The molecule has 0 radical (unpaired) electrons. The van der Waals surface area contributed by atoms with Gasteiger partial charge in [0.25, 0.3) is 0 Å². The van der Waals surface area contributed by atoms with E-state index < -0.39 is 0 Å². The number of rotatable bonds is 3. The Balaban J connectivity index is 2.05. The van der Waals surface area contributed by atoms with Gasteiger partial charge in [-0.15, -0.1) is 0 Å². The molecule has 1 aliphatic rings. The first-order valence-electron chi connectivity index (χ1n) is 6.92. The van der Waals surface area contributed by atoms with Crippen LogP contribution in [-0.2, 0) is 13.5 Å². The minimum Gasteiger partial charge on any atom is -0.330 e. The lowest BCUT2D eigenvalue weighted by atomic mass is 9.72. The fourth-order valence-electron chi connectivity index (χ4n) is 3.10. The summed E-state index contributed by atoms with van der Waals surface area (Å²) in [6, 6.07) is 0. The monoisotopic (exact) mass is 235 g/mol. The quantitative estimate of drug-likeness (QED) is 0.875. The van der Waals surface area contributed by atoms with E-state index in [1.54, 1.807) is 0 Å². The molecule has 2 rings (SSSR count). The Labute approximate surface area is 104 Å². The summed E-state index contributed by atoms with van der Waals surface area (Å²) in [5.41, 5.74) is 7.77. The van der Waals surface area contributed by atoms with E-state index in [0.717, 1.165) is 13.0 Å². The number of hydrogen-bond donors (Lipinski definition) is 1. The van der Waals surface area contributed by atoms with E-state index in [4.69, 9.17) is 5.73 Å². The Kier molecular flexibility index (Phi) is 4.21. The van der Waals surface area contributed by atoms with Crippen molar-refractivity contribution in [1.82, 2.24) is 9.78 Å². The Morgan fingerprint density at radius 3 is 2.41 bits per heavy atom. The molecular formula is C14H25N3. The number of hydrogen-bond acceptors (Lipinski definition) is 2. The van der Waals surface area contributed by atoms with Crippen molar-refractivity contribution in [2.24, 2.45) is 18.2 Å². The normalized spacial score (nSPS) is 20.8. The molecule has 1 aromatic rings. The number of nitrogens with two attached hydrogens (primary N) is 1. The van der Waals surface area contributed by atoms with Crippen molar-refractivity contribution in [1.29, 1.82) is 0 Å². The highest BCUT2D eigenvalue weighted by Crippen LogP contribution is 2.36. The van der Waals surface area contributed by atoms with Gasteiger partial charge in [-0.05, 0) is 36.8 Å². The van der Waals surface area contributed by atoms with Crippen LogP contribution in [0.3, 0.4) is 0 Å². The van der Waals surface area contributed by atoms with Crippen LogP contribution in [0.5, 0.6) is 0 Å². The molecule has 1 aliphatic carbocycles. The van der Waals surface area contributed by atoms with Gasteiger partial charge in [-0.25, -0.2) is 0 Å². The summed E-state index contributed by atoms with van der Waals surface area (Å²) < 4.78 is 1.89. The molecule has 1 fully saturated rings. The molecule has 17 heavy (non-hydrogen) atoms. The van der Waals surface area contributed by atoms with Crippen LogP contribution in [-0.4, -0.2) is 16.3 Å². The van der Waals surface area contributed by atoms with Crippen molar-refractivity contribution >= 4 is 0 Å². The highest BCUT2D eigenvalue weighted by atomic mass is 15.2. The lowest BCUT2D eigenvalue weighted by Gasteiger charge is -2.34. The molecule has 3 heteroatoms. The molecule has 0 aromatic carbocycles. The molecule has 0 saturated heterocycles. The van der Waals surface area contributed by atoms with Gasteiger partial charge in [-0.3, -0.25) is 4.68 Å². The number of aryl methyl sites for hydroxylation is 1. The molecule has 1 aromatic heterocycles. The highest BCUT2D eigenvalue weighted by Gasteiger charge is 2.29. The van der Waals surface area contributed by atoms with E-state index in [-0.39, 0.29) is 0 Å². The smallest absolute Gasteiger partial charge is 0.0521 e. The highest BCUT2D eigenvalue weighted by molar-refractivity contribution is 5.08. The van der Waals surface area contributed by atoms with E-state index >= 15 is 0 Å². The molecule has 0 aliphatic heterocycles. The van der Waals surface area contributed by atoms with Crippen LogP contribution in [0.1, 0.15) is 50.5 Å². The van der Waals surface area contributed by atoms with Crippen LogP contribution >= 0.6 is 0 Å². The topological polar surface area (TPSA) is 43.8 Å². The fraction of sp³-hybridized carbons (Fsp3) is 0.786. The molecule has 0 atom stereocenters. The van der Waals surface area contributed by atoms with Crippen LogP contribution in [0, 0.1) is 5.41 Å². The summed E-state index contributed by atoms with van der Waals surface area (Å²) in [5, 5.41) is 4.27. The van der Waals surface area contributed by atoms with Gasteiger partial charge in [0.1, 0.15) is 0 Å². The van der Waals surface area contributed by atoms with Gasteiger partial charge in [0, 0.05) is 13.2 Å². The molecule has 0 bridgehead atoms. The molecule has 0 spiro atoms. The molecule has 1 saturated carbocycles. The molecule has 3 nitrogen and oxygen atoms in total. The summed E-state index contributed by atoms with van der Waals surface area (Å²) in [6.45, 7) is 0.821. The molecule has 96 valence electrons. The Bertz CT molecular complexity index is 335. The third-order valence-electron chi connectivity index (χ3n) is 4.18. The molecule has 0 unspecified atom stereocenters. The van der Waals surface area contributed by atoms with Gasteiger partial charge < -0.3 is 5.73 Å². The molecule has 2 N–H and O–H groups in total. The fourth-order valence-corrected chi connectivity index (χ4v) is 3.10. The Hall–Kier alpha value is -0.830. The number of nitrogens with zero attached hydrogens (tertiary/aromatic N) is 2. The lowest BCUT2D eigenvalue weighted by Crippen LogP contribution is -2.33. The van der Waals surface area contributed by atoms with Crippen molar-refractivity contribution < 1.29 is 0 Å². The van der Waals surface area contributed by atoms with Crippen molar-refractivity contribution in [2.45, 2.75) is 51.4 Å². The third kappa shape index (κ3) is 3.32. The first-order valence-corrected chi connectivity index (χ1v) is 6.92. The third-order valence-corrected chi connectivity index (χ3v) is 4.18. The summed E-state index contributed by atoms with van der Waals surface area (Å²) in [7, 11) is 1.98. The predicted molar refractivity (Wildman–Crippen MR) is 70.7 cm³/mol. The van der Waals surface area contributed by atoms with Gasteiger partial charge in [0.05, 0.1) is 6.20 Å². The standard InChI is InChI=1S/C14H25N3/c1-17-11-13(10-16-17)9-14(12-15)7-5-3-2-4-6-8-14/h10-11H,2-9,12,15H2,1H3. The second-order valence-corrected chi connectivity index (χ2v) is 5.67. The van der Waals surface area contributed by atoms with E-state index in [0.29, 0.717) is 5.41 Å². The van der Waals surface area contributed by atoms with Crippen molar-refractivity contribution in [3.05, 3.63) is 18.0 Å². The van der Waals surface area contributed by atoms with Crippen LogP contribution in [0.25, 0.3) is 0 Å². The first kappa shape index (κ1) is 12.6. The summed E-state index contributed by atoms with van der Waals surface area (Å²) in [4.78, 5) is 0. The van der Waals surface area contributed by atoms with Gasteiger partial charge in [-0.1, -0.05) is 32.1 Å². The lowest BCUT2D eigenvalue weighted by molar-refractivity contribution is 0.217. The molecular weight excluding hydrogens is 210 g/mol. The van der Waals surface area contributed by atoms with E-state index in [2.05, 4.69) is 11.3 Å².